The van der Waals surface area contributed by atoms with Crippen molar-refractivity contribution >= 4 is 17.4 Å². The predicted octanol–water partition coefficient (Wildman–Crippen LogP) is 3.80. The molecule has 1 amide bonds. The fourth-order valence-electron chi connectivity index (χ4n) is 2.73. The van der Waals surface area contributed by atoms with Crippen LogP contribution in [0.1, 0.15) is 34.5 Å². The van der Waals surface area contributed by atoms with Crippen molar-refractivity contribution in [2.24, 2.45) is 0 Å². The zero-order valence-electron chi connectivity index (χ0n) is 14.4. The Bertz CT molecular complexity index is 873. The molecular weight excluding hydrogens is 328 g/mol. The van der Waals surface area contributed by atoms with Crippen LogP contribution in [-0.4, -0.2) is 18.2 Å². The summed E-state index contributed by atoms with van der Waals surface area (Å²) in [6, 6.07) is 18.5. The van der Waals surface area contributed by atoms with Crippen LogP contribution in [0.2, 0.25) is 0 Å². The molecule has 0 spiro atoms. The van der Waals surface area contributed by atoms with Gasteiger partial charge < -0.3 is 9.73 Å². The normalized spacial score (nSPS) is 11.7. The number of carbonyl (C=O) groups excluding carboxylic acids is 2. The molecule has 5 nitrogen and oxygen atoms in total. The van der Waals surface area contributed by atoms with Gasteiger partial charge in [-0.05, 0) is 30.7 Å². The van der Waals surface area contributed by atoms with Gasteiger partial charge in [0, 0.05) is 16.8 Å². The largest absolute Gasteiger partial charge is 0.472 e. The zero-order chi connectivity index (χ0) is 18.4. The van der Waals surface area contributed by atoms with Crippen molar-refractivity contribution in [3.05, 3.63) is 89.9 Å². The van der Waals surface area contributed by atoms with E-state index in [1.165, 1.54) is 6.92 Å². The van der Waals surface area contributed by atoms with Gasteiger partial charge in [-0.25, -0.2) is 0 Å². The maximum absolute atomic E-state index is 12.3. The third kappa shape index (κ3) is 4.46. The van der Waals surface area contributed by atoms with Crippen molar-refractivity contribution in [1.82, 2.24) is 5.32 Å². The summed E-state index contributed by atoms with van der Waals surface area (Å²) in [7, 11) is 0. The summed E-state index contributed by atoms with van der Waals surface area (Å²) in [5.41, 5.74) is 3.16. The lowest BCUT2D eigenvalue weighted by atomic mass is 10.0. The second kappa shape index (κ2) is 8.27. The van der Waals surface area contributed by atoms with E-state index in [1.54, 1.807) is 36.8 Å². The number of benzene rings is 2. The van der Waals surface area contributed by atoms with E-state index in [0.717, 1.165) is 11.1 Å². The minimum Gasteiger partial charge on any atom is -0.472 e. The number of rotatable bonds is 7. The lowest BCUT2D eigenvalue weighted by molar-refractivity contribution is -0.115. The molecule has 0 aliphatic rings. The Morgan fingerprint density at radius 3 is 2.50 bits per heavy atom. The molecule has 2 aromatic carbocycles. The Morgan fingerprint density at radius 1 is 1.00 bits per heavy atom. The van der Waals surface area contributed by atoms with Gasteiger partial charge in [-0.1, -0.05) is 42.5 Å². The van der Waals surface area contributed by atoms with Crippen molar-refractivity contribution in [1.29, 1.82) is 0 Å². The number of hydrogen-bond acceptors (Lipinski definition) is 4. The molecule has 2 N–H and O–H groups in total. The highest BCUT2D eigenvalue weighted by Crippen LogP contribution is 2.22. The lowest BCUT2D eigenvalue weighted by Crippen LogP contribution is -2.31. The van der Waals surface area contributed by atoms with Crippen LogP contribution < -0.4 is 10.6 Å². The first-order valence-electron chi connectivity index (χ1n) is 8.35. The van der Waals surface area contributed by atoms with E-state index in [-0.39, 0.29) is 24.3 Å². The number of Topliss-reactive ketones (excluding diaryl/α,β-unsaturated/α-hetero) is 1. The van der Waals surface area contributed by atoms with Crippen molar-refractivity contribution in [3.63, 3.8) is 0 Å². The topological polar surface area (TPSA) is 71.3 Å². The Kier molecular flexibility index (Phi) is 5.61. The smallest absolute Gasteiger partial charge is 0.238 e. The monoisotopic (exact) mass is 348 g/mol. The van der Waals surface area contributed by atoms with E-state index in [2.05, 4.69) is 10.6 Å². The molecule has 5 heteroatoms. The van der Waals surface area contributed by atoms with E-state index in [9.17, 15) is 9.59 Å². The molecule has 132 valence electrons. The van der Waals surface area contributed by atoms with Crippen molar-refractivity contribution in [3.8, 4) is 0 Å². The van der Waals surface area contributed by atoms with Crippen LogP contribution in [-0.2, 0) is 4.79 Å². The van der Waals surface area contributed by atoms with E-state index >= 15 is 0 Å². The highest BCUT2D eigenvalue weighted by atomic mass is 16.3. The zero-order valence-corrected chi connectivity index (χ0v) is 14.4. The maximum Gasteiger partial charge on any atom is 0.238 e. The summed E-state index contributed by atoms with van der Waals surface area (Å²) in [6.07, 6.45) is 3.28. The summed E-state index contributed by atoms with van der Waals surface area (Å²) < 4.78 is 5.18. The first-order chi connectivity index (χ1) is 12.6. The first kappa shape index (κ1) is 17.6. The number of furan rings is 1. The SMILES string of the molecule is CC(=O)c1cccc(NC(=O)CN[C@@H](c2ccccc2)c2ccoc2)c1. The van der Waals surface area contributed by atoms with Crippen LogP contribution in [0.5, 0.6) is 0 Å². The van der Waals surface area contributed by atoms with Gasteiger partial charge in [0.25, 0.3) is 0 Å². The van der Waals surface area contributed by atoms with Crippen molar-refractivity contribution < 1.29 is 14.0 Å². The van der Waals surface area contributed by atoms with Crippen LogP contribution in [0.15, 0.2) is 77.6 Å². The van der Waals surface area contributed by atoms with Crippen LogP contribution >= 0.6 is 0 Å². The predicted molar refractivity (Wildman–Crippen MR) is 100 cm³/mol. The third-order valence-corrected chi connectivity index (χ3v) is 4.03. The Balaban J connectivity index is 1.67. The molecule has 0 bridgehead atoms. The van der Waals surface area contributed by atoms with E-state index in [0.29, 0.717) is 11.3 Å². The molecule has 0 aliphatic carbocycles. The van der Waals surface area contributed by atoms with Crippen molar-refractivity contribution in [2.75, 3.05) is 11.9 Å². The fourth-order valence-corrected chi connectivity index (χ4v) is 2.73. The molecule has 26 heavy (non-hydrogen) atoms. The number of ketones is 1. The lowest BCUT2D eigenvalue weighted by Gasteiger charge is -2.18. The Hall–Kier alpha value is -3.18. The highest BCUT2D eigenvalue weighted by molar-refractivity contribution is 5.97. The van der Waals surface area contributed by atoms with Gasteiger partial charge in [0.2, 0.25) is 5.91 Å². The third-order valence-electron chi connectivity index (χ3n) is 4.03. The molecule has 1 heterocycles. The van der Waals surface area contributed by atoms with Gasteiger partial charge in [0.1, 0.15) is 0 Å². The van der Waals surface area contributed by atoms with Crippen LogP contribution in [0.3, 0.4) is 0 Å². The van der Waals surface area contributed by atoms with Gasteiger partial charge in [-0.15, -0.1) is 0 Å². The molecule has 0 saturated carbocycles. The van der Waals surface area contributed by atoms with Crippen molar-refractivity contribution in [2.45, 2.75) is 13.0 Å². The first-order valence-corrected chi connectivity index (χ1v) is 8.35. The molecule has 0 aliphatic heterocycles. The number of nitrogens with one attached hydrogen (secondary N) is 2. The molecule has 0 saturated heterocycles. The van der Waals surface area contributed by atoms with E-state index in [4.69, 9.17) is 4.42 Å². The van der Waals surface area contributed by atoms with Gasteiger partial charge in [0.05, 0.1) is 25.1 Å². The number of hydrogen-bond donors (Lipinski definition) is 2. The minimum absolute atomic E-state index is 0.0386. The number of anilines is 1. The average molecular weight is 348 g/mol. The second-order valence-corrected chi connectivity index (χ2v) is 5.97. The molecule has 1 aromatic heterocycles. The summed E-state index contributed by atoms with van der Waals surface area (Å²) in [6.45, 7) is 1.62. The van der Waals surface area contributed by atoms with Gasteiger partial charge in [-0.3, -0.25) is 14.9 Å². The van der Waals surface area contributed by atoms with Crippen LogP contribution in [0.25, 0.3) is 0 Å². The molecule has 1 atom stereocenters. The quantitative estimate of drug-likeness (QED) is 0.637. The van der Waals surface area contributed by atoms with Gasteiger partial charge in [0.15, 0.2) is 5.78 Å². The number of carbonyl (C=O) groups is 2. The summed E-state index contributed by atoms with van der Waals surface area (Å²) in [4.78, 5) is 23.8. The average Bonchev–Trinajstić information content (AvgIpc) is 3.17. The molecular formula is C21H20N2O3. The van der Waals surface area contributed by atoms with E-state index in [1.807, 2.05) is 36.4 Å². The van der Waals surface area contributed by atoms with Crippen LogP contribution in [0, 0.1) is 0 Å². The second-order valence-electron chi connectivity index (χ2n) is 5.97. The summed E-state index contributed by atoms with van der Waals surface area (Å²) in [5.74, 6) is -0.224. The van der Waals surface area contributed by atoms with E-state index < -0.39 is 0 Å². The standard InChI is InChI=1S/C21H20N2O3/c1-15(24)17-8-5-9-19(12-17)23-20(25)13-22-21(18-10-11-26-14-18)16-6-3-2-4-7-16/h2-12,14,21-22H,13H2,1H3,(H,23,25)/t21-/m0/s1. The molecule has 0 fully saturated rings. The van der Waals surface area contributed by atoms with Crippen LogP contribution in [0.4, 0.5) is 5.69 Å². The fraction of sp³-hybridized carbons (Fsp3) is 0.143. The molecule has 3 aromatic rings. The molecule has 0 radical (unpaired) electrons. The molecule has 3 rings (SSSR count). The van der Waals surface area contributed by atoms with Gasteiger partial charge >= 0.3 is 0 Å². The summed E-state index contributed by atoms with van der Waals surface area (Å²) >= 11 is 0. The highest BCUT2D eigenvalue weighted by Gasteiger charge is 2.16. The Morgan fingerprint density at radius 2 is 1.81 bits per heavy atom. The summed E-state index contributed by atoms with van der Waals surface area (Å²) in [5, 5.41) is 6.07. The number of amides is 1. The minimum atomic E-state index is -0.185. The Labute approximate surface area is 152 Å². The molecule has 0 unspecified atom stereocenters. The maximum atomic E-state index is 12.3. The van der Waals surface area contributed by atoms with Gasteiger partial charge in [-0.2, -0.15) is 0 Å².